The van der Waals surface area contributed by atoms with Gasteiger partial charge in [-0.25, -0.2) is 4.68 Å². The van der Waals surface area contributed by atoms with E-state index in [0.717, 1.165) is 30.3 Å². The summed E-state index contributed by atoms with van der Waals surface area (Å²) in [5, 5.41) is 7.80. The molecular weight excluding hydrogens is 224 g/mol. The summed E-state index contributed by atoms with van der Waals surface area (Å²) >= 11 is 0. The Morgan fingerprint density at radius 2 is 1.89 bits per heavy atom. The molecule has 94 valence electrons. The molecule has 2 heterocycles. The maximum atomic E-state index is 4.68. The van der Waals surface area contributed by atoms with Crippen molar-refractivity contribution < 1.29 is 0 Å². The van der Waals surface area contributed by atoms with E-state index < -0.39 is 0 Å². The van der Waals surface area contributed by atoms with E-state index >= 15 is 0 Å². The predicted molar refractivity (Wildman–Crippen MR) is 74.7 cm³/mol. The second-order valence-electron chi connectivity index (χ2n) is 4.69. The van der Waals surface area contributed by atoms with Crippen LogP contribution in [-0.2, 0) is 0 Å². The highest BCUT2D eigenvalue weighted by Gasteiger charge is 2.18. The normalized spacial score (nSPS) is 14.4. The zero-order chi connectivity index (χ0) is 12.5. The maximum absolute atomic E-state index is 4.68. The molecule has 0 radical (unpaired) electrons. The molecule has 0 spiro atoms. The molecule has 1 aliphatic rings. The van der Waals surface area contributed by atoms with E-state index in [0.29, 0.717) is 0 Å². The van der Waals surface area contributed by atoms with Gasteiger partial charge in [0.25, 0.3) is 0 Å². The number of nitrogens with one attached hydrogen (secondary N) is 1. The van der Waals surface area contributed by atoms with Crippen LogP contribution in [0.15, 0.2) is 30.3 Å². The van der Waals surface area contributed by atoms with Crippen LogP contribution < -0.4 is 10.2 Å². The van der Waals surface area contributed by atoms with E-state index in [2.05, 4.69) is 52.6 Å². The van der Waals surface area contributed by atoms with Crippen molar-refractivity contribution in [2.24, 2.45) is 0 Å². The summed E-state index contributed by atoms with van der Waals surface area (Å²) < 4.78 is 2.01. The average Bonchev–Trinajstić information content (AvgIpc) is 2.69. The Bertz CT molecular complexity index is 537. The molecular formula is C14H18N4. The molecule has 3 rings (SSSR count). The summed E-state index contributed by atoms with van der Waals surface area (Å²) in [7, 11) is 1.93. The minimum Gasteiger partial charge on any atom is -0.388 e. The Kier molecular flexibility index (Phi) is 2.70. The molecule has 1 aromatic heterocycles. The first-order chi connectivity index (χ1) is 8.78. The zero-order valence-electron chi connectivity index (χ0n) is 10.8. The lowest BCUT2D eigenvalue weighted by Crippen LogP contribution is -2.37. The van der Waals surface area contributed by atoms with Gasteiger partial charge in [0.1, 0.15) is 0 Å². The van der Waals surface area contributed by atoms with E-state index in [-0.39, 0.29) is 0 Å². The fourth-order valence-electron chi connectivity index (χ4n) is 2.19. The van der Waals surface area contributed by atoms with Crippen LogP contribution in [0.2, 0.25) is 0 Å². The molecule has 1 fully saturated rings. The van der Waals surface area contributed by atoms with E-state index in [1.165, 1.54) is 12.1 Å². The SMILES string of the molecule is CNc1ccc(-n2nc(N3CCC3)cc2C)cc1. The Labute approximate surface area is 107 Å². The molecule has 1 aromatic carbocycles. The van der Waals surface area contributed by atoms with Crippen LogP contribution in [0.3, 0.4) is 0 Å². The predicted octanol–water partition coefficient (Wildman–Crippen LogP) is 2.43. The number of rotatable bonds is 3. The van der Waals surface area contributed by atoms with Crippen LogP contribution in [-0.4, -0.2) is 29.9 Å². The molecule has 1 saturated heterocycles. The largest absolute Gasteiger partial charge is 0.388 e. The third-order valence-corrected chi connectivity index (χ3v) is 3.46. The van der Waals surface area contributed by atoms with Gasteiger partial charge in [0, 0.05) is 37.6 Å². The van der Waals surface area contributed by atoms with E-state index in [1.54, 1.807) is 0 Å². The average molecular weight is 242 g/mol. The number of nitrogens with zero attached hydrogens (tertiary/aromatic N) is 3. The molecule has 0 aliphatic carbocycles. The Morgan fingerprint density at radius 3 is 2.44 bits per heavy atom. The second kappa shape index (κ2) is 4.37. The highest BCUT2D eigenvalue weighted by Crippen LogP contribution is 2.22. The lowest BCUT2D eigenvalue weighted by Gasteiger charge is -2.30. The Morgan fingerprint density at radius 1 is 1.17 bits per heavy atom. The number of hydrogen-bond donors (Lipinski definition) is 1. The molecule has 0 atom stereocenters. The van der Waals surface area contributed by atoms with Crippen LogP contribution in [0.25, 0.3) is 5.69 Å². The van der Waals surface area contributed by atoms with Crippen molar-refractivity contribution in [2.75, 3.05) is 30.4 Å². The van der Waals surface area contributed by atoms with Crippen molar-refractivity contribution in [3.8, 4) is 5.69 Å². The van der Waals surface area contributed by atoms with Crippen LogP contribution >= 0.6 is 0 Å². The van der Waals surface area contributed by atoms with Crippen molar-refractivity contribution in [1.29, 1.82) is 0 Å². The van der Waals surface area contributed by atoms with Gasteiger partial charge in [0.05, 0.1) is 5.69 Å². The minimum atomic E-state index is 1.09. The molecule has 1 N–H and O–H groups in total. The van der Waals surface area contributed by atoms with Crippen LogP contribution in [0.4, 0.5) is 11.5 Å². The second-order valence-corrected chi connectivity index (χ2v) is 4.69. The van der Waals surface area contributed by atoms with Crippen LogP contribution in [0, 0.1) is 6.92 Å². The van der Waals surface area contributed by atoms with Crippen LogP contribution in [0.1, 0.15) is 12.1 Å². The first-order valence-corrected chi connectivity index (χ1v) is 6.38. The standard InChI is InChI=1S/C14H18N4/c1-11-10-14(17-8-3-9-17)16-18(11)13-6-4-12(15-2)5-7-13/h4-7,10,15H,3,8-9H2,1-2H3. The molecule has 0 unspecified atom stereocenters. The number of aryl methyl sites for hydroxylation is 1. The van der Waals surface area contributed by atoms with Gasteiger partial charge in [-0.2, -0.15) is 5.10 Å². The van der Waals surface area contributed by atoms with Gasteiger partial charge >= 0.3 is 0 Å². The maximum Gasteiger partial charge on any atom is 0.151 e. The Hall–Kier alpha value is -1.97. The van der Waals surface area contributed by atoms with Crippen molar-refractivity contribution >= 4 is 11.5 Å². The topological polar surface area (TPSA) is 33.1 Å². The number of aromatic nitrogens is 2. The zero-order valence-corrected chi connectivity index (χ0v) is 10.8. The third kappa shape index (κ3) is 1.83. The fourth-order valence-corrected chi connectivity index (χ4v) is 2.19. The fraction of sp³-hybridized carbons (Fsp3) is 0.357. The van der Waals surface area contributed by atoms with Crippen molar-refractivity contribution in [2.45, 2.75) is 13.3 Å². The van der Waals surface area contributed by atoms with Gasteiger partial charge in [-0.3, -0.25) is 0 Å². The Balaban J connectivity index is 1.92. The molecule has 0 saturated carbocycles. The van der Waals surface area contributed by atoms with Gasteiger partial charge < -0.3 is 10.2 Å². The summed E-state index contributed by atoms with van der Waals surface area (Å²) in [5.41, 5.74) is 3.40. The first-order valence-electron chi connectivity index (χ1n) is 6.38. The summed E-state index contributed by atoms with van der Waals surface area (Å²) in [4.78, 5) is 2.31. The van der Waals surface area contributed by atoms with Gasteiger partial charge in [-0.05, 0) is 37.6 Å². The van der Waals surface area contributed by atoms with E-state index in [4.69, 9.17) is 0 Å². The lowest BCUT2D eigenvalue weighted by atomic mass is 10.2. The molecule has 4 nitrogen and oxygen atoms in total. The summed E-state index contributed by atoms with van der Waals surface area (Å²) in [6.07, 6.45) is 1.28. The van der Waals surface area contributed by atoms with E-state index in [9.17, 15) is 0 Å². The summed E-state index contributed by atoms with van der Waals surface area (Å²) in [6.45, 7) is 4.37. The molecule has 0 bridgehead atoms. The van der Waals surface area contributed by atoms with E-state index in [1.807, 2.05) is 11.7 Å². The monoisotopic (exact) mass is 242 g/mol. The van der Waals surface area contributed by atoms with Gasteiger partial charge in [0.2, 0.25) is 0 Å². The third-order valence-electron chi connectivity index (χ3n) is 3.46. The highest BCUT2D eigenvalue weighted by atomic mass is 15.4. The molecule has 2 aromatic rings. The summed E-state index contributed by atoms with van der Waals surface area (Å²) in [5.74, 6) is 1.09. The first kappa shape index (κ1) is 11.1. The van der Waals surface area contributed by atoms with Gasteiger partial charge in [-0.1, -0.05) is 0 Å². The molecule has 1 aliphatic heterocycles. The van der Waals surface area contributed by atoms with Crippen molar-refractivity contribution in [3.63, 3.8) is 0 Å². The minimum absolute atomic E-state index is 1.09. The van der Waals surface area contributed by atoms with Gasteiger partial charge in [0.15, 0.2) is 5.82 Å². The van der Waals surface area contributed by atoms with Crippen LogP contribution in [0.5, 0.6) is 0 Å². The lowest BCUT2D eigenvalue weighted by molar-refractivity contribution is 0.605. The van der Waals surface area contributed by atoms with Gasteiger partial charge in [-0.15, -0.1) is 0 Å². The highest BCUT2D eigenvalue weighted by molar-refractivity contribution is 5.50. The molecule has 4 heteroatoms. The molecule has 0 amide bonds. The van der Waals surface area contributed by atoms with Crippen molar-refractivity contribution in [3.05, 3.63) is 36.0 Å². The quantitative estimate of drug-likeness (QED) is 0.897. The number of benzene rings is 1. The number of anilines is 2. The molecule has 18 heavy (non-hydrogen) atoms. The van der Waals surface area contributed by atoms with Crippen molar-refractivity contribution in [1.82, 2.24) is 9.78 Å². The smallest absolute Gasteiger partial charge is 0.151 e. The summed E-state index contributed by atoms with van der Waals surface area (Å²) in [6, 6.07) is 10.5. The number of hydrogen-bond acceptors (Lipinski definition) is 3.